The number of rotatable bonds is 6. The van der Waals surface area contributed by atoms with Crippen molar-refractivity contribution in [3.8, 4) is 11.5 Å². The molecule has 24 heavy (non-hydrogen) atoms. The number of thiophene rings is 1. The summed E-state index contributed by atoms with van der Waals surface area (Å²) in [5, 5.41) is 6.63. The highest BCUT2D eigenvalue weighted by atomic mass is 32.1. The molecule has 0 saturated carbocycles. The summed E-state index contributed by atoms with van der Waals surface area (Å²) in [6.07, 6.45) is 0.243. The Kier molecular flexibility index (Phi) is 5.81. The van der Waals surface area contributed by atoms with Crippen molar-refractivity contribution in [2.24, 2.45) is 0 Å². The summed E-state index contributed by atoms with van der Waals surface area (Å²) in [7, 11) is 6.30. The first-order valence-electron chi connectivity index (χ1n) is 7.24. The molecule has 7 heteroatoms. The van der Waals surface area contributed by atoms with Crippen molar-refractivity contribution < 1.29 is 19.1 Å². The van der Waals surface area contributed by atoms with E-state index in [1.807, 2.05) is 16.8 Å². The van der Waals surface area contributed by atoms with Gasteiger partial charge in [0.05, 0.1) is 31.9 Å². The first-order valence-corrected chi connectivity index (χ1v) is 8.19. The third-order valence-corrected chi connectivity index (χ3v) is 4.11. The summed E-state index contributed by atoms with van der Waals surface area (Å²) < 4.78 is 10.5. The highest BCUT2D eigenvalue weighted by Crippen LogP contribution is 2.34. The SMILES string of the molecule is COc1cc(NC(=O)Cc2ccsc2)c(C(=O)N(C)C)cc1OC. The lowest BCUT2D eigenvalue weighted by Gasteiger charge is -2.17. The molecule has 0 aliphatic rings. The van der Waals surface area contributed by atoms with Gasteiger partial charge in [-0.15, -0.1) is 0 Å². The lowest BCUT2D eigenvalue weighted by atomic mass is 10.1. The minimum absolute atomic E-state index is 0.201. The number of benzene rings is 1. The number of methoxy groups -OCH3 is 2. The predicted molar refractivity (Wildman–Crippen MR) is 94.2 cm³/mol. The maximum atomic E-state index is 12.4. The Bertz CT molecular complexity index is 726. The van der Waals surface area contributed by atoms with Crippen molar-refractivity contribution >= 4 is 28.8 Å². The minimum Gasteiger partial charge on any atom is -0.493 e. The van der Waals surface area contributed by atoms with E-state index in [0.29, 0.717) is 22.7 Å². The van der Waals surface area contributed by atoms with Crippen LogP contribution in [0.15, 0.2) is 29.0 Å². The molecule has 0 spiro atoms. The summed E-state index contributed by atoms with van der Waals surface area (Å²) in [5.41, 5.74) is 1.67. The third-order valence-electron chi connectivity index (χ3n) is 3.38. The zero-order valence-corrected chi connectivity index (χ0v) is 14.9. The molecule has 1 aromatic carbocycles. The maximum absolute atomic E-state index is 12.4. The molecule has 1 aromatic heterocycles. The van der Waals surface area contributed by atoms with Gasteiger partial charge in [0.25, 0.3) is 5.91 Å². The Morgan fingerprint density at radius 1 is 1.17 bits per heavy atom. The maximum Gasteiger partial charge on any atom is 0.255 e. The van der Waals surface area contributed by atoms with Crippen molar-refractivity contribution in [3.05, 3.63) is 40.1 Å². The second-order valence-corrected chi connectivity index (χ2v) is 6.09. The molecule has 0 fully saturated rings. The number of ether oxygens (including phenoxy) is 2. The fourth-order valence-electron chi connectivity index (χ4n) is 2.17. The monoisotopic (exact) mass is 348 g/mol. The van der Waals surface area contributed by atoms with Gasteiger partial charge in [-0.2, -0.15) is 11.3 Å². The first-order chi connectivity index (χ1) is 11.5. The van der Waals surface area contributed by atoms with Gasteiger partial charge in [0.15, 0.2) is 11.5 Å². The van der Waals surface area contributed by atoms with Gasteiger partial charge in [-0.3, -0.25) is 9.59 Å². The van der Waals surface area contributed by atoms with E-state index in [9.17, 15) is 9.59 Å². The third kappa shape index (κ3) is 4.05. The van der Waals surface area contributed by atoms with E-state index in [2.05, 4.69) is 5.32 Å². The summed E-state index contributed by atoms with van der Waals surface area (Å²) in [4.78, 5) is 26.1. The number of carbonyl (C=O) groups excluding carboxylic acids is 2. The lowest BCUT2D eigenvalue weighted by Crippen LogP contribution is -2.24. The molecular formula is C17H20N2O4S. The van der Waals surface area contributed by atoms with Crippen LogP contribution >= 0.6 is 11.3 Å². The van der Waals surface area contributed by atoms with Gasteiger partial charge in [0.2, 0.25) is 5.91 Å². The van der Waals surface area contributed by atoms with E-state index in [-0.39, 0.29) is 18.2 Å². The van der Waals surface area contributed by atoms with Crippen LogP contribution in [-0.2, 0) is 11.2 Å². The van der Waals surface area contributed by atoms with Crippen molar-refractivity contribution in [3.63, 3.8) is 0 Å². The fourth-order valence-corrected chi connectivity index (χ4v) is 2.84. The highest BCUT2D eigenvalue weighted by Gasteiger charge is 2.20. The van der Waals surface area contributed by atoms with Gasteiger partial charge >= 0.3 is 0 Å². The topological polar surface area (TPSA) is 67.9 Å². The highest BCUT2D eigenvalue weighted by molar-refractivity contribution is 7.08. The number of nitrogens with zero attached hydrogens (tertiary/aromatic N) is 1. The van der Waals surface area contributed by atoms with Gasteiger partial charge in [-0.1, -0.05) is 0 Å². The summed E-state index contributed by atoms with van der Waals surface area (Å²) >= 11 is 1.53. The zero-order chi connectivity index (χ0) is 17.7. The smallest absolute Gasteiger partial charge is 0.255 e. The van der Waals surface area contributed by atoms with Crippen LogP contribution in [0.5, 0.6) is 11.5 Å². The van der Waals surface area contributed by atoms with Crippen LogP contribution in [0.25, 0.3) is 0 Å². The number of carbonyl (C=O) groups is 2. The van der Waals surface area contributed by atoms with Gasteiger partial charge in [-0.25, -0.2) is 0 Å². The number of amides is 2. The van der Waals surface area contributed by atoms with Crippen molar-refractivity contribution in [2.45, 2.75) is 6.42 Å². The number of nitrogens with one attached hydrogen (secondary N) is 1. The summed E-state index contributed by atoms with van der Waals surface area (Å²) in [6, 6.07) is 5.06. The lowest BCUT2D eigenvalue weighted by molar-refractivity contribution is -0.115. The van der Waals surface area contributed by atoms with Gasteiger partial charge < -0.3 is 19.7 Å². The molecule has 0 unspecified atom stereocenters. The molecule has 2 aromatic rings. The average Bonchev–Trinajstić information content (AvgIpc) is 3.06. The summed E-state index contributed by atoms with van der Waals surface area (Å²) in [5.74, 6) is 0.437. The molecule has 2 rings (SSSR count). The van der Waals surface area contributed by atoms with E-state index < -0.39 is 0 Å². The molecule has 0 saturated heterocycles. The molecule has 128 valence electrons. The van der Waals surface area contributed by atoms with E-state index >= 15 is 0 Å². The molecule has 0 atom stereocenters. The molecule has 2 amide bonds. The van der Waals surface area contributed by atoms with Gasteiger partial charge in [0, 0.05) is 20.2 Å². The molecule has 0 aliphatic carbocycles. The fraction of sp³-hybridized carbons (Fsp3) is 0.294. The number of hydrogen-bond acceptors (Lipinski definition) is 5. The second-order valence-electron chi connectivity index (χ2n) is 5.31. The van der Waals surface area contributed by atoms with Crippen molar-refractivity contribution in [1.29, 1.82) is 0 Å². The van der Waals surface area contributed by atoms with Crippen LogP contribution < -0.4 is 14.8 Å². The molecule has 1 N–H and O–H groups in total. The molecule has 0 bridgehead atoms. The van der Waals surface area contributed by atoms with Crippen LogP contribution in [0.1, 0.15) is 15.9 Å². The Hall–Kier alpha value is -2.54. The average molecular weight is 348 g/mol. The van der Waals surface area contributed by atoms with E-state index in [1.165, 1.54) is 30.5 Å². The molecular weight excluding hydrogens is 328 g/mol. The predicted octanol–water partition coefficient (Wildman–Crippen LogP) is 2.65. The van der Waals surface area contributed by atoms with Crippen LogP contribution in [0.3, 0.4) is 0 Å². The Balaban J connectivity index is 2.34. The van der Waals surface area contributed by atoms with Gasteiger partial charge in [-0.05, 0) is 28.5 Å². The van der Waals surface area contributed by atoms with Crippen LogP contribution in [0, 0.1) is 0 Å². The number of anilines is 1. The minimum atomic E-state index is -0.234. The molecule has 1 heterocycles. The molecule has 0 aliphatic heterocycles. The van der Waals surface area contributed by atoms with E-state index in [0.717, 1.165) is 5.56 Å². The Morgan fingerprint density at radius 3 is 2.38 bits per heavy atom. The van der Waals surface area contributed by atoms with E-state index in [1.54, 1.807) is 26.2 Å². The number of hydrogen-bond donors (Lipinski definition) is 1. The van der Waals surface area contributed by atoms with Crippen LogP contribution in [0.2, 0.25) is 0 Å². The quantitative estimate of drug-likeness (QED) is 0.871. The first kappa shape index (κ1) is 17.8. The van der Waals surface area contributed by atoms with Crippen LogP contribution in [-0.4, -0.2) is 45.0 Å². The van der Waals surface area contributed by atoms with Crippen molar-refractivity contribution in [2.75, 3.05) is 33.6 Å². The van der Waals surface area contributed by atoms with Gasteiger partial charge in [0.1, 0.15) is 0 Å². The standard InChI is InChI=1S/C17H20N2O4S/c1-19(2)17(21)12-8-14(22-3)15(23-4)9-13(12)18-16(20)7-11-5-6-24-10-11/h5-6,8-10H,7H2,1-4H3,(H,18,20). The molecule has 0 radical (unpaired) electrons. The van der Waals surface area contributed by atoms with Crippen LogP contribution in [0.4, 0.5) is 5.69 Å². The molecule has 6 nitrogen and oxygen atoms in total. The summed E-state index contributed by atoms with van der Waals surface area (Å²) in [6.45, 7) is 0. The van der Waals surface area contributed by atoms with E-state index in [4.69, 9.17) is 9.47 Å². The van der Waals surface area contributed by atoms with Crippen molar-refractivity contribution in [1.82, 2.24) is 4.90 Å². The second kappa shape index (κ2) is 7.83. The zero-order valence-electron chi connectivity index (χ0n) is 14.1. The Labute approximate surface area is 145 Å². The normalized spacial score (nSPS) is 10.2. The largest absolute Gasteiger partial charge is 0.493 e. The Morgan fingerprint density at radius 2 is 1.83 bits per heavy atom.